The minimum atomic E-state index is -2.74. The fourth-order valence-corrected chi connectivity index (χ4v) is 7.10. The van der Waals surface area contributed by atoms with Crippen molar-refractivity contribution in [2.24, 2.45) is 0 Å². The Hall–Kier alpha value is -4.94. The number of hydrogen-bond acceptors (Lipinski definition) is 8. The Kier molecular flexibility index (Phi) is 14.6. The fraction of sp³-hybridized carbons (Fsp3) is 0.421. The largest absolute Gasteiger partial charge is 0.481 e. The van der Waals surface area contributed by atoms with Gasteiger partial charge in [0.2, 0.25) is 0 Å². The second kappa shape index (κ2) is 18.9. The molecule has 5 N–H and O–H groups in total. The van der Waals surface area contributed by atoms with Gasteiger partial charge in [-0.15, -0.1) is 0 Å². The first-order valence-electron chi connectivity index (χ1n) is 17.4. The van der Waals surface area contributed by atoms with E-state index in [-0.39, 0.29) is 17.9 Å². The van der Waals surface area contributed by atoms with E-state index in [1.165, 1.54) is 0 Å². The number of halogens is 2. The predicted molar refractivity (Wildman–Crippen MR) is 201 cm³/mol. The summed E-state index contributed by atoms with van der Waals surface area (Å²) < 4.78 is 0. The normalized spacial score (nSPS) is 15.7. The highest BCUT2D eigenvalue weighted by atomic mass is 35.5. The molecule has 2 aliphatic heterocycles. The highest BCUT2D eigenvalue weighted by Crippen LogP contribution is 2.30. The van der Waals surface area contributed by atoms with Crippen molar-refractivity contribution in [1.82, 2.24) is 20.0 Å². The Balaban J connectivity index is 0.000000428. The van der Waals surface area contributed by atoms with E-state index in [1.807, 2.05) is 60.5 Å². The number of aliphatic hydroxyl groups is 1. The number of amides is 3. The van der Waals surface area contributed by atoms with Gasteiger partial charge in [0.25, 0.3) is 5.91 Å². The number of piperidine rings is 1. The van der Waals surface area contributed by atoms with Gasteiger partial charge in [0.05, 0.1) is 34.5 Å². The molecule has 3 aromatic rings. The zero-order valence-corrected chi connectivity index (χ0v) is 31.2. The number of likely N-dealkylation sites (tertiary alicyclic amines) is 1. The molecule has 0 spiro atoms. The van der Waals surface area contributed by atoms with E-state index in [0.717, 1.165) is 74.7 Å². The summed E-state index contributed by atoms with van der Waals surface area (Å²) in [7, 11) is 1.84. The van der Waals surface area contributed by atoms with Gasteiger partial charge in [-0.3, -0.25) is 14.4 Å². The summed E-state index contributed by atoms with van der Waals surface area (Å²) in [6.45, 7) is 4.90. The molecule has 1 unspecified atom stereocenters. The summed E-state index contributed by atoms with van der Waals surface area (Å²) in [4.78, 5) is 62.7. The summed E-state index contributed by atoms with van der Waals surface area (Å²) >= 11 is 12.6. The van der Waals surface area contributed by atoms with Crippen LogP contribution in [0.2, 0.25) is 10.0 Å². The summed E-state index contributed by atoms with van der Waals surface area (Å²) in [5.74, 6) is -5.02. The maximum atomic E-state index is 13.7. The molecule has 3 aromatic carbocycles. The minimum absolute atomic E-state index is 0.0597. The topological polar surface area (TPSA) is 212 Å². The van der Waals surface area contributed by atoms with Crippen molar-refractivity contribution < 1.29 is 44.4 Å². The van der Waals surface area contributed by atoms with Gasteiger partial charge in [0.15, 0.2) is 5.60 Å². The Bertz CT molecular complexity index is 1900. The zero-order chi connectivity index (χ0) is 39.6. The first-order valence-corrected chi connectivity index (χ1v) is 18.2. The van der Waals surface area contributed by atoms with Crippen molar-refractivity contribution >= 4 is 63.8 Å². The molecule has 2 heterocycles. The molecule has 14 nitrogen and oxygen atoms in total. The lowest BCUT2D eigenvalue weighted by Gasteiger charge is -2.40. The first kappa shape index (κ1) is 41.8. The van der Waals surface area contributed by atoms with Crippen LogP contribution in [0.25, 0.3) is 10.8 Å². The number of nitrogens with one attached hydrogen (secondary N) is 1. The molecule has 0 bridgehead atoms. The van der Waals surface area contributed by atoms with E-state index in [2.05, 4.69) is 16.3 Å². The van der Waals surface area contributed by atoms with Crippen LogP contribution in [0.15, 0.2) is 54.6 Å². The lowest BCUT2D eigenvalue weighted by Crippen LogP contribution is -2.54. The van der Waals surface area contributed by atoms with Gasteiger partial charge in [0.1, 0.15) is 0 Å². The monoisotopic (exact) mass is 783 g/mol. The highest BCUT2D eigenvalue weighted by molar-refractivity contribution is 6.42. The molecule has 2 fully saturated rings. The third-order valence-electron chi connectivity index (χ3n) is 9.69. The van der Waals surface area contributed by atoms with E-state index >= 15 is 0 Å². The van der Waals surface area contributed by atoms with Crippen LogP contribution in [0.1, 0.15) is 65.9 Å². The SMILES string of the molecule is CN(CC(CCN1CCC(N2CCCNC2=O)CC1)c1ccc(Cl)c(Cl)c1)C(=O)c1cccc2cc(C#N)ccc12.O=C(O)CC(O)(CC(=O)O)C(=O)O. The summed E-state index contributed by atoms with van der Waals surface area (Å²) in [5, 5.41) is 48.8. The molecule has 54 heavy (non-hydrogen) atoms. The van der Waals surface area contributed by atoms with E-state index in [0.29, 0.717) is 33.8 Å². The second-order valence-electron chi connectivity index (χ2n) is 13.5. The lowest BCUT2D eigenvalue weighted by molar-refractivity contribution is -0.170. The molecule has 0 radical (unpaired) electrons. The van der Waals surface area contributed by atoms with Gasteiger partial charge >= 0.3 is 23.9 Å². The van der Waals surface area contributed by atoms with E-state index in [1.54, 1.807) is 11.0 Å². The van der Waals surface area contributed by atoms with Gasteiger partial charge < -0.3 is 40.4 Å². The molecule has 16 heteroatoms. The molecule has 2 aliphatic rings. The van der Waals surface area contributed by atoms with Crippen molar-refractivity contribution in [1.29, 1.82) is 5.26 Å². The second-order valence-corrected chi connectivity index (χ2v) is 14.3. The summed E-state index contributed by atoms with van der Waals surface area (Å²) in [6, 6.07) is 19.3. The van der Waals surface area contributed by atoms with Gasteiger partial charge in [-0.1, -0.05) is 47.5 Å². The van der Waals surface area contributed by atoms with E-state index < -0.39 is 36.4 Å². The maximum absolute atomic E-state index is 13.7. The smallest absolute Gasteiger partial charge is 0.336 e. The molecule has 2 saturated heterocycles. The number of likely N-dealkylation sites (N-methyl/N-ethyl adjacent to an activating group) is 1. The number of carboxylic acids is 3. The Morgan fingerprint density at radius 2 is 1.67 bits per heavy atom. The van der Waals surface area contributed by atoms with Crippen LogP contribution in [0.5, 0.6) is 0 Å². The number of rotatable bonds is 13. The molecule has 3 amide bonds. The van der Waals surface area contributed by atoms with Crippen molar-refractivity contribution in [2.45, 2.75) is 56.1 Å². The molecular weight excluding hydrogens is 741 g/mol. The van der Waals surface area contributed by atoms with Gasteiger partial charge in [-0.2, -0.15) is 5.26 Å². The van der Waals surface area contributed by atoms with Gasteiger partial charge in [-0.05, 0) is 78.9 Å². The third-order valence-corrected chi connectivity index (χ3v) is 10.4. The van der Waals surface area contributed by atoms with Crippen molar-refractivity contribution in [3.8, 4) is 6.07 Å². The van der Waals surface area contributed by atoms with Gasteiger partial charge in [-0.25, -0.2) is 9.59 Å². The molecule has 288 valence electrons. The average Bonchev–Trinajstić information content (AvgIpc) is 3.13. The molecule has 5 rings (SSSR count). The van der Waals surface area contributed by atoms with Crippen LogP contribution in [0.3, 0.4) is 0 Å². The number of nitrogens with zero attached hydrogens (tertiary/aromatic N) is 4. The third kappa shape index (κ3) is 11.0. The minimum Gasteiger partial charge on any atom is -0.481 e. The number of hydrogen-bond donors (Lipinski definition) is 5. The summed E-state index contributed by atoms with van der Waals surface area (Å²) in [5.41, 5.74) is -0.502. The zero-order valence-electron chi connectivity index (χ0n) is 29.7. The van der Waals surface area contributed by atoms with Crippen molar-refractivity contribution in [2.75, 3.05) is 46.3 Å². The lowest BCUT2D eigenvalue weighted by atomic mass is 9.93. The van der Waals surface area contributed by atoms with Crippen LogP contribution in [-0.4, -0.2) is 123 Å². The predicted octanol–water partition coefficient (Wildman–Crippen LogP) is 4.90. The van der Waals surface area contributed by atoms with Gasteiger partial charge in [0, 0.05) is 57.3 Å². The number of nitriles is 1. The van der Waals surface area contributed by atoms with Crippen LogP contribution >= 0.6 is 23.2 Å². The molecule has 1 atom stereocenters. The molecule has 0 aromatic heterocycles. The first-order chi connectivity index (χ1) is 25.6. The number of carbonyl (C=O) groups excluding carboxylic acids is 2. The molecule has 0 aliphatic carbocycles. The highest BCUT2D eigenvalue weighted by Gasteiger charge is 2.41. The standard InChI is InChI=1S/C32H35Cl2N5O2.C6H8O7/c1-37(31(40)28-5-2-4-24-18-22(20-35)6-8-27(24)28)21-25(23-7-9-29(33)30(34)19-23)10-15-38-16-11-26(12-17-38)39-14-3-13-36-32(39)41;7-3(8)1-6(13,5(11)12)2-4(9)10/h2,4-9,18-19,25-26H,3,10-17,21H2,1H3,(H,36,41);13H,1-2H2,(H,7,8)(H,9,10)(H,11,12). The Labute approximate surface area is 322 Å². The number of aliphatic carboxylic acids is 3. The van der Waals surface area contributed by atoms with Crippen LogP contribution in [-0.2, 0) is 14.4 Å². The quantitative estimate of drug-likeness (QED) is 0.157. The fourth-order valence-electron chi connectivity index (χ4n) is 6.79. The molecule has 0 saturated carbocycles. The van der Waals surface area contributed by atoms with Crippen LogP contribution < -0.4 is 5.32 Å². The van der Waals surface area contributed by atoms with Crippen molar-refractivity contribution in [3.63, 3.8) is 0 Å². The number of fused-ring (bicyclic) bond motifs is 1. The number of carbonyl (C=O) groups is 5. The molecular formula is C38H43Cl2N5O9. The van der Waals surface area contributed by atoms with E-state index in [9.17, 15) is 29.2 Å². The van der Waals surface area contributed by atoms with Crippen LogP contribution in [0.4, 0.5) is 4.79 Å². The van der Waals surface area contributed by atoms with E-state index in [4.69, 9.17) is 43.6 Å². The summed E-state index contributed by atoms with van der Waals surface area (Å²) in [6.07, 6.45) is 1.51. The number of benzene rings is 3. The number of carboxylic acid groups (broad SMARTS) is 3. The Morgan fingerprint density at radius 1 is 0.981 bits per heavy atom. The Morgan fingerprint density at radius 3 is 2.26 bits per heavy atom. The number of urea groups is 1. The average molecular weight is 785 g/mol. The maximum Gasteiger partial charge on any atom is 0.336 e. The van der Waals surface area contributed by atoms with Crippen LogP contribution in [0, 0.1) is 11.3 Å². The van der Waals surface area contributed by atoms with Crippen molar-refractivity contribution in [3.05, 3.63) is 81.3 Å².